The minimum Gasteiger partial charge on any atom is -0.326 e. The van der Waals surface area contributed by atoms with Crippen LogP contribution in [-0.2, 0) is 9.59 Å². The molecular formula is C24H22N4O3. The van der Waals surface area contributed by atoms with Gasteiger partial charge in [0.25, 0.3) is 5.91 Å². The fraction of sp³-hybridized carbons (Fsp3) is 0.0833. The number of benzene rings is 3. The maximum Gasteiger partial charge on any atom is 0.271 e. The molecule has 0 aliphatic rings. The van der Waals surface area contributed by atoms with E-state index in [2.05, 4.69) is 21.2 Å². The first-order valence-corrected chi connectivity index (χ1v) is 9.61. The van der Waals surface area contributed by atoms with Crippen LogP contribution >= 0.6 is 0 Å². The predicted octanol–water partition coefficient (Wildman–Crippen LogP) is 3.79. The van der Waals surface area contributed by atoms with Crippen molar-refractivity contribution in [3.05, 3.63) is 95.6 Å². The zero-order chi connectivity index (χ0) is 22.2. The average molecular weight is 414 g/mol. The van der Waals surface area contributed by atoms with E-state index < -0.39 is 5.91 Å². The molecule has 0 aliphatic heterocycles. The molecule has 3 N–H and O–H groups in total. The molecule has 3 rings (SSSR count). The van der Waals surface area contributed by atoms with Gasteiger partial charge in [-0.3, -0.25) is 14.4 Å². The zero-order valence-electron chi connectivity index (χ0n) is 17.2. The van der Waals surface area contributed by atoms with Crippen LogP contribution < -0.4 is 16.1 Å². The van der Waals surface area contributed by atoms with E-state index in [4.69, 9.17) is 0 Å². The molecule has 0 saturated heterocycles. The van der Waals surface area contributed by atoms with Crippen molar-refractivity contribution >= 4 is 34.8 Å². The Hall–Kier alpha value is -4.26. The van der Waals surface area contributed by atoms with Gasteiger partial charge in [0.1, 0.15) is 0 Å². The van der Waals surface area contributed by atoms with E-state index >= 15 is 0 Å². The van der Waals surface area contributed by atoms with E-state index in [-0.39, 0.29) is 17.4 Å². The van der Waals surface area contributed by atoms with Gasteiger partial charge in [0.2, 0.25) is 11.8 Å². The lowest BCUT2D eigenvalue weighted by molar-refractivity contribution is -0.115. The molecule has 3 amide bonds. The lowest BCUT2D eigenvalue weighted by atomic mass is 10.0. The van der Waals surface area contributed by atoms with Gasteiger partial charge >= 0.3 is 0 Å². The fourth-order valence-corrected chi connectivity index (χ4v) is 2.97. The molecule has 0 saturated carbocycles. The molecule has 31 heavy (non-hydrogen) atoms. The molecule has 0 aromatic heterocycles. The summed E-state index contributed by atoms with van der Waals surface area (Å²) in [5.74, 6) is -1.07. The molecule has 0 unspecified atom stereocenters. The maximum absolute atomic E-state index is 12.8. The van der Waals surface area contributed by atoms with Crippen LogP contribution in [0.5, 0.6) is 0 Å². The van der Waals surface area contributed by atoms with E-state index in [1.807, 2.05) is 60.7 Å². The van der Waals surface area contributed by atoms with Crippen LogP contribution in [0.1, 0.15) is 35.3 Å². The average Bonchev–Trinajstić information content (AvgIpc) is 2.74. The zero-order valence-corrected chi connectivity index (χ0v) is 17.2. The fourth-order valence-electron chi connectivity index (χ4n) is 2.97. The minimum atomic E-state index is -0.483. The summed E-state index contributed by atoms with van der Waals surface area (Å²) in [5.41, 5.74) is 5.89. The number of rotatable bonds is 6. The first-order chi connectivity index (χ1) is 14.9. The van der Waals surface area contributed by atoms with Gasteiger partial charge in [0, 0.05) is 41.9 Å². The van der Waals surface area contributed by atoms with Gasteiger partial charge in [-0.05, 0) is 18.2 Å². The summed E-state index contributed by atoms with van der Waals surface area (Å²) in [6.45, 7) is 2.72. The van der Waals surface area contributed by atoms with Crippen molar-refractivity contribution < 1.29 is 14.4 Å². The Kier molecular flexibility index (Phi) is 6.90. The van der Waals surface area contributed by atoms with Crippen LogP contribution in [0.2, 0.25) is 0 Å². The van der Waals surface area contributed by atoms with Crippen molar-refractivity contribution in [2.75, 3.05) is 10.6 Å². The highest BCUT2D eigenvalue weighted by molar-refractivity contribution is 6.13. The number of nitrogens with zero attached hydrogens (tertiary/aromatic N) is 1. The van der Waals surface area contributed by atoms with Crippen molar-refractivity contribution in [3.8, 4) is 0 Å². The Labute approximate surface area is 180 Å². The van der Waals surface area contributed by atoms with Gasteiger partial charge < -0.3 is 10.6 Å². The number of hydrogen-bond donors (Lipinski definition) is 3. The van der Waals surface area contributed by atoms with Crippen LogP contribution in [-0.4, -0.2) is 23.4 Å². The van der Waals surface area contributed by atoms with Crippen LogP contribution in [0, 0.1) is 0 Å². The summed E-state index contributed by atoms with van der Waals surface area (Å²) in [6, 6.07) is 23.6. The summed E-state index contributed by atoms with van der Waals surface area (Å²) in [7, 11) is 0. The minimum absolute atomic E-state index is 0.235. The molecule has 7 heteroatoms. The maximum atomic E-state index is 12.8. The number of hydrazone groups is 1. The third-order valence-corrected chi connectivity index (χ3v) is 4.20. The monoisotopic (exact) mass is 414 g/mol. The topological polar surface area (TPSA) is 99.7 Å². The summed E-state index contributed by atoms with van der Waals surface area (Å²) in [4.78, 5) is 35.7. The van der Waals surface area contributed by atoms with Crippen LogP contribution in [0.25, 0.3) is 0 Å². The summed E-state index contributed by atoms with van der Waals surface area (Å²) < 4.78 is 0. The molecule has 156 valence electrons. The van der Waals surface area contributed by atoms with E-state index in [1.54, 1.807) is 6.07 Å². The Morgan fingerprint density at radius 2 is 1.10 bits per heavy atom. The summed E-state index contributed by atoms with van der Waals surface area (Å²) in [5, 5.41) is 9.61. The molecule has 3 aromatic carbocycles. The first kappa shape index (κ1) is 21.4. The Balaban J connectivity index is 1.93. The van der Waals surface area contributed by atoms with Crippen molar-refractivity contribution in [2.45, 2.75) is 13.8 Å². The Morgan fingerprint density at radius 3 is 1.52 bits per heavy atom. The van der Waals surface area contributed by atoms with E-state index in [0.29, 0.717) is 17.1 Å². The molecule has 0 spiro atoms. The molecular weight excluding hydrogens is 392 g/mol. The number of carbonyl (C=O) groups is 3. The molecule has 0 bridgehead atoms. The van der Waals surface area contributed by atoms with Gasteiger partial charge in [-0.2, -0.15) is 5.10 Å². The van der Waals surface area contributed by atoms with Crippen molar-refractivity contribution in [2.24, 2.45) is 5.10 Å². The van der Waals surface area contributed by atoms with Gasteiger partial charge in [0.05, 0.1) is 5.71 Å². The molecule has 0 aliphatic carbocycles. The van der Waals surface area contributed by atoms with Gasteiger partial charge in [-0.1, -0.05) is 60.7 Å². The Morgan fingerprint density at radius 1 is 0.645 bits per heavy atom. The number of hydrogen-bond acceptors (Lipinski definition) is 4. The van der Waals surface area contributed by atoms with Crippen molar-refractivity contribution in [1.82, 2.24) is 5.43 Å². The second-order valence-electron chi connectivity index (χ2n) is 6.79. The number of anilines is 2. The lowest BCUT2D eigenvalue weighted by Gasteiger charge is -2.11. The standard InChI is InChI=1S/C24H22N4O3/c1-16(29)25-21-13-20(14-22(15-21)26-17(2)30)24(31)28-27-23(18-9-5-3-6-10-18)19-11-7-4-8-12-19/h3-15H,1-2H3,(H,25,29)(H,26,30)(H,28,31). The third kappa shape index (κ3) is 6.11. The lowest BCUT2D eigenvalue weighted by Crippen LogP contribution is -2.21. The number of amides is 3. The second-order valence-corrected chi connectivity index (χ2v) is 6.79. The number of nitrogens with one attached hydrogen (secondary N) is 3. The number of carbonyl (C=O) groups excluding carboxylic acids is 3. The third-order valence-electron chi connectivity index (χ3n) is 4.20. The van der Waals surface area contributed by atoms with E-state index in [0.717, 1.165) is 11.1 Å². The molecule has 3 aromatic rings. The van der Waals surface area contributed by atoms with E-state index in [1.165, 1.54) is 26.0 Å². The highest BCUT2D eigenvalue weighted by Gasteiger charge is 2.12. The predicted molar refractivity (Wildman–Crippen MR) is 121 cm³/mol. The highest BCUT2D eigenvalue weighted by Crippen LogP contribution is 2.20. The van der Waals surface area contributed by atoms with Crippen molar-refractivity contribution in [3.63, 3.8) is 0 Å². The van der Waals surface area contributed by atoms with Crippen LogP contribution in [0.15, 0.2) is 84.0 Å². The SMILES string of the molecule is CC(=O)Nc1cc(NC(C)=O)cc(C(=O)NN=C(c2ccccc2)c2ccccc2)c1. The molecule has 0 radical (unpaired) electrons. The molecule has 0 atom stereocenters. The second kappa shape index (κ2) is 9.98. The largest absolute Gasteiger partial charge is 0.326 e. The highest BCUT2D eigenvalue weighted by atomic mass is 16.2. The molecule has 0 heterocycles. The van der Waals surface area contributed by atoms with Crippen LogP contribution in [0.4, 0.5) is 11.4 Å². The van der Waals surface area contributed by atoms with Gasteiger partial charge in [-0.15, -0.1) is 0 Å². The summed E-state index contributed by atoms with van der Waals surface area (Å²) >= 11 is 0. The summed E-state index contributed by atoms with van der Waals surface area (Å²) in [6.07, 6.45) is 0. The van der Waals surface area contributed by atoms with Gasteiger partial charge in [0.15, 0.2) is 0 Å². The normalized spacial score (nSPS) is 10.0. The Bertz CT molecular complexity index is 1050. The van der Waals surface area contributed by atoms with Gasteiger partial charge in [-0.25, -0.2) is 5.43 Å². The smallest absolute Gasteiger partial charge is 0.271 e. The first-order valence-electron chi connectivity index (χ1n) is 9.61. The molecule has 0 fully saturated rings. The van der Waals surface area contributed by atoms with Crippen molar-refractivity contribution in [1.29, 1.82) is 0 Å². The van der Waals surface area contributed by atoms with Crippen LogP contribution in [0.3, 0.4) is 0 Å². The quantitative estimate of drug-likeness (QED) is 0.423. The molecule has 7 nitrogen and oxygen atoms in total. The van der Waals surface area contributed by atoms with E-state index in [9.17, 15) is 14.4 Å².